The maximum atomic E-state index is 11.0. The van der Waals surface area contributed by atoms with Gasteiger partial charge in [0.2, 0.25) is 5.91 Å². The fourth-order valence-electron chi connectivity index (χ4n) is 0.528. The third-order valence-corrected chi connectivity index (χ3v) is 2.34. The third-order valence-electron chi connectivity index (χ3n) is 1.28. The van der Waals surface area contributed by atoms with Gasteiger partial charge >= 0.3 is 5.97 Å². The van der Waals surface area contributed by atoms with Crippen molar-refractivity contribution in [3.05, 3.63) is 0 Å². The van der Waals surface area contributed by atoms with Gasteiger partial charge in [-0.3, -0.25) is 9.59 Å². The maximum absolute atomic E-state index is 11.0. The van der Waals surface area contributed by atoms with Crippen LogP contribution >= 0.6 is 15.9 Å². The van der Waals surface area contributed by atoms with E-state index in [4.69, 9.17) is 0 Å². The number of nitrogens with one attached hydrogen (secondary N) is 1. The maximum Gasteiger partial charge on any atom is 0.325 e. The Bertz CT molecular complexity index is 172. The Morgan fingerprint density at radius 3 is 2.58 bits per heavy atom. The van der Waals surface area contributed by atoms with Crippen molar-refractivity contribution in [2.24, 2.45) is 0 Å². The van der Waals surface area contributed by atoms with E-state index in [1.807, 2.05) is 6.92 Å². The number of halogens is 1. The molecule has 0 aliphatic heterocycles. The third kappa shape index (κ3) is 4.33. The number of carbonyl (C=O) groups is 2. The molecule has 0 fully saturated rings. The lowest BCUT2D eigenvalue weighted by Gasteiger charge is -2.06. The Labute approximate surface area is 79.8 Å². The van der Waals surface area contributed by atoms with Crippen LogP contribution in [0.3, 0.4) is 0 Å². The number of hydrogen-bond acceptors (Lipinski definition) is 3. The fraction of sp³-hybridized carbons (Fsp3) is 0.714. The number of esters is 1. The number of rotatable bonds is 4. The van der Waals surface area contributed by atoms with Gasteiger partial charge in [-0.2, -0.15) is 0 Å². The Kier molecular flexibility index (Phi) is 5.70. The molecule has 0 saturated carbocycles. The highest BCUT2D eigenvalue weighted by molar-refractivity contribution is 9.10. The summed E-state index contributed by atoms with van der Waals surface area (Å²) in [6.07, 6.45) is 0.688. The van der Waals surface area contributed by atoms with E-state index < -0.39 is 5.97 Å². The van der Waals surface area contributed by atoms with Crippen molar-refractivity contribution in [1.29, 1.82) is 0 Å². The number of alkyl halides is 1. The molecule has 0 spiro atoms. The molecule has 1 atom stereocenters. The highest BCUT2D eigenvalue weighted by atomic mass is 79.9. The summed E-state index contributed by atoms with van der Waals surface area (Å²) in [5.41, 5.74) is 0. The van der Waals surface area contributed by atoms with Crippen LogP contribution in [0.1, 0.15) is 13.3 Å². The molecule has 12 heavy (non-hydrogen) atoms. The van der Waals surface area contributed by atoms with E-state index >= 15 is 0 Å². The van der Waals surface area contributed by atoms with Crippen LogP contribution in [-0.4, -0.2) is 30.4 Å². The van der Waals surface area contributed by atoms with E-state index in [1.165, 1.54) is 7.11 Å². The minimum absolute atomic E-state index is 0.0720. The summed E-state index contributed by atoms with van der Waals surface area (Å²) in [7, 11) is 1.28. The molecule has 0 aliphatic rings. The monoisotopic (exact) mass is 237 g/mol. The van der Waals surface area contributed by atoms with Gasteiger partial charge in [0.1, 0.15) is 6.54 Å². The van der Waals surface area contributed by atoms with Crippen LogP contribution in [0.5, 0.6) is 0 Å². The van der Waals surface area contributed by atoms with E-state index in [1.54, 1.807) is 0 Å². The second-order valence-corrected chi connectivity index (χ2v) is 3.28. The molecule has 0 aliphatic carbocycles. The standard InChI is InChI=1S/C7H12BrNO3/c1-3-5(8)7(11)9-4-6(10)12-2/h5H,3-4H2,1-2H3,(H,9,11). The van der Waals surface area contributed by atoms with Crippen molar-refractivity contribution in [2.75, 3.05) is 13.7 Å². The van der Waals surface area contributed by atoms with Gasteiger partial charge in [-0.25, -0.2) is 0 Å². The first kappa shape index (κ1) is 11.4. The number of hydrogen-bond donors (Lipinski definition) is 1. The summed E-state index contributed by atoms with van der Waals surface area (Å²) >= 11 is 3.15. The highest BCUT2D eigenvalue weighted by Crippen LogP contribution is 2.02. The molecule has 5 heteroatoms. The predicted molar refractivity (Wildman–Crippen MR) is 48.0 cm³/mol. The first-order chi connectivity index (χ1) is 5.61. The van der Waals surface area contributed by atoms with Gasteiger partial charge in [0, 0.05) is 0 Å². The van der Waals surface area contributed by atoms with Crippen LogP contribution in [0.25, 0.3) is 0 Å². The molecule has 1 amide bonds. The molecular formula is C7H12BrNO3. The number of ether oxygens (including phenoxy) is 1. The first-order valence-electron chi connectivity index (χ1n) is 3.60. The molecule has 1 unspecified atom stereocenters. The lowest BCUT2D eigenvalue weighted by molar-refractivity contribution is -0.141. The van der Waals surface area contributed by atoms with Gasteiger partial charge in [0.25, 0.3) is 0 Å². The largest absolute Gasteiger partial charge is 0.468 e. The zero-order valence-electron chi connectivity index (χ0n) is 7.09. The summed E-state index contributed by atoms with van der Waals surface area (Å²) in [5, 5.41) is 2.42. The van der Waals surface area contributed by atoms with Crippen molar-refractivity contribution in [1.82, 2.24) is 5.32 Å². The average molecular weight is 238 g/mol. The highest BCUT2D eigenvalue weighted by Gasteiger charge is 2.12. The molecule has 70 valence electrons. The molecule has 0 rings (SSSR count). The number of amides is 1. The molecular weight excluding hydrogens is 226 g/mol. The van der Waals surface area contributed by atoms with Crippen molar-refractivity contribution in [2.45, 2.75) is 18.2 Å². The van der Waals surface area contributed by atoms with E-state index in [0.717, 1.165) is 0 Å². The lowest BCUT2D eigenvalue weighted by atomic mass is 10.3. The van der Waals surface area contributed by atoms with Crippen LogP contribution in [-0.2, 0) is 14.3 Å². The molecule has 0 aromatic carbocycles. The predicted octanol–water partition coefficient (Wildman–Crippen LogP) is 0.449. The second kappa shape index (κ2) is 5.99. The molecule has 0 saturated heterocycles. The van der Waals surface area contributed by atoms with Crippen LogP contribution in [0.4, 0.5) is 0 Å². The Balaban J connectivity index is 3.64. The molecule has 0 radical (unpaired) electrons. The Morgan fingerprint density at radius 1 is 1.58 bits per heavy atom. The average Bonchev–Trinajstić information content (AvgIpc) is 2.11. The van der Waals surface area contributed by atoms with Crippen molar-refractivity contribution >= 4 is 27.8 Å². The van der Waals surface area contributed by atoms with E-state index in [9.17, 15) is 9.59 Å². The van der Waals surface area contributed by atoms with Gasteiger partial charge in [-0.1, -0.05) is 22.9 Å². The molecule has 0 heterocycles. The minimum Gasteiger partial charge on any atom is -0.468 e. The summed E-state index contributed by atoms with van der Waals surface area (Å²) < 4.78 is 4.35. The van der Waals surface area contributed by atoms with Gasteiger partial charge in [-0.05, 0) is 6.42 Å². The van der Waals surface area contributed by atoms with Crippen LogP contribution < -0.4 is 5.32 Å². The zero-order chi connectivity index (χ0) is 9.56. The summed E-state index contributed by atoms with van der Waals surface area (Å²) in [4.78, 5) is 21.4. The summed E-state index contributed by atoms with van der Waals surface area (Å²) in [6, 6.07) is 0. The van der Waals surface area contributed by atoms with Crippen molar-refractivity contribution < 1.29 is 14.3 Å². The number of methoxy groups -OCH3 is 1. The molecule has 4 nitrogen and oxygen atoms in total. The summed E-state index contributed by atoms with van der Waals surface area (Å²) in [5.74, 6) is -0.637. The van der Waals surface area contributed by atoms with E-state index in [2.05, 4.69) is 26.0 Å². The Hall–Kier alpha value is -0.580. The van der Waals surface area contributed by atoms with E-state index in [-0.39, 0.29) is 17.3 Å². The van der Waals surface area contributed by atoms with Crippen LogP contribution in [0, 0.1) is 0 Å². The second-order valence-electron chi connectivity index (χ2n) is 2.17. The van der Waals surface area contributed by atoms with Gasteiger partial charge in [-0.15, -0.1) is 0 Å². The first-order valence-corrected chi connectivity index (χ1v) is 4.52. The normalized spacial score (nSPS) is 11.9. The molecule has 0 aromatic rings. The van der Waals surface area contributed by atoms with Gasteiger partial charge in [0.05, 0.1) is 11.9 Å². The van der Waals surface area contributed by atoms with Gasteiger partial charge in [0.15, 0.2) is 0 Å². The molecule has 0 bridgehead atoms. The SMILES string of the molecule is CCC(Br)C(=O)NCC(=O)OC. The topological polar surface area (TPSA) is 55.4 Å². The smallest absolute Gasteiger partial charge is 0.325 e. The van der Waals surface area contributed by atoms with Crippen LogP contribution in [0.2, 0.25) is 0 Å². The fourth-order valence-corrected chi connectivity index (χ4v) is 0.689. The zero-order valence-corrected chi connectivity index (χ0v) is 8.68. The quantitative estimate of drug-likeness (QED) is 0.571. The number of carbonyl (C=O) groups excluding carboxylic acids is 2. The van der Waals surface area contributed by atoms with E-state index in [0.29, 0.717) is 6.42 Å². The van der Waals surface area contributed by atoms with Crippen LogP contribution in [0.15, 0.2) is 0 Å². The lowest BCUT2D eigenvalue weighted by Crippen LogP contribution is -2.35. The molecule has 0 aromatic heterocycles. The Morgan fingerprint density at radius 2 is 2.17 bits per heavy atom. The van der Waals surface area contributed by atoms with Gasteiger partial charge < -0.3 is 10.1 Å². The summed E-state index contributed by atoms with van der Waals surface area (Å²) in [6.45, 7) is 1.80. The van der Waals surface area contributed by atoms with Crippen molar-refractivity contribution in [3.8, 4) is 0 Å². The minimum atomic E-state index is -0.445. The van der Waals surface area contributed by atoms with Crippen molar-refractivity contribution in [3.63, 3.8) is 0 Å². The molecule has 1 N–H and O–H groups in total.